The smallest absolute Gasteiger partial charge is 0.261 e. The van der Waals surface area contributed by atoms with Crippen LogP contribution in [0.15, 0.2) is 23.1 Å². The Hall–Kier alpha value is -1.73. The Kier molecular flexibility index (Phi) is 3.79. The first-order chi connectivity index (χ1) is 9.79. The van der Waals surface area contributed by atoms with Crippen LogP contribution < -0.4 is 10.9 Å². The second-order valence-electron chi connectivity index (χ2n) is 4.70. The maximum absolute atomic E-state index is 12.4. The molecule has 1 N–H and O–H groups in total. The molecule has 0 unspecified atom stereocenters. The summed E-state index contributed by atoms with van der Waals surface area (Å²) in [7, 11) is 1.65. The van der Waals surface area contributed by atoms with Crippen LogP contribution in [0.1, 0.15) is 18.9 Å². The normalized spacial score (nSPS) is 14.4. The molecule has 0 spiro atoms. The molecule has 2 aromatic heterocycles. The fourth-order valence-corrected chi connectivity index (χ4v) is 2.76. The van der Waals surface area contributed by atoms with Crippen LogP contribution in [-0.4, -0.2) is 35.0 Å². The van der Waals surface area contributed by atoms with Crippen LogP contribution in [0.3, 0.4) is 0 Å². The van der Waals surface area contributed by atoms with Gasteiger partial charge in [0.05, 0.1) is 12.2 Å². The molecule has 3 rings (SSSR count). The third-order valence-corrected chi connectivity index (χ3v) is 4.07. The molecule has 7 heteroatoms. The monoisotopic (exact) mass is 292 g/mol. The van der Waals surface area contributed by atoms with Crippen LogP contribution in [0.5, 0.6) is 0 Å². The van der Waals surface area contributed by atoms with Gasteiger partial charge in [0.25, 0.3) is 5.56 Å². The van der Waals surface area contributed by atoms with Crippen LogP contribution in [0, 0.1) is 0 Å². The minimum Gasteiger partial charge on any atom is -0.383 e. The van der Waals surface area contributed by atoms with Crippen LogP contribution in [-0.2, 0) is 4.74 Å². The third-order valence-electron chi connectivity index (χ3n) is 3.15. The van der Waals surface area contributed by atoms with Crippen LogP contribution >= 0.6 is 11.3 Å². The zero-order valence-corrected chi connectivity index (χ0v) is 12.0. The minimum atomic E-state index is 0.0228. The van der Waals surface area contributed by atoms with Gasteiger partial charge in [-0.1, -0.05) is 11.3 Å². The van der Waals surface area contributed by atoms with E-state index in [4.69, 9.17) is 4.74 Å². The highest BCUT2D eigenvalue weighted by Crippen LogP contribution is 2.34. The van der Waals surface area contributed by atoms with E-state index in [1.807, 2.05) is 12.3 Å². The Morgan fingerprint density at radius 3 is 3.10 bits per heavy atom. The summed E-state index contributed by atoms with van der Waals surface area (Å²) >= 11 is 1.39. The molecule has 0 atom stereocenters. The molecule has 0 aliphatic heterocycles. The molecule has 1 aliphatic rings. The number of rotatable bonds is 6. The number of ether oxygens (including phenoxy) is 1. The molecule has 1 saturated carbocycles. The first-order valence-electron chi connectivity index (χ1n) is 6.57. The molecule has 0 amide bonds. The van der Waals surface area contributed by atoms with Gasteiger partial charge in [0, 0.05) is 25.9 Å². The van der Waals surface area contributed by atoms with Crippen molar-refractivity contribution in [2.45, 2.75) is 18.9 Å². The van der Waals surface area contributed by atoms with Gasteiger partial charge in [-0.3, -0.25) is 4.79 Å². The zero-order valence-electron chi connectivity index (χ0n) is 11.2. The Balaban J connectivity index is 1.82. The molecule has 2 aromatic rings. The van der Waals surface area contributed by atoms with Gasteiger partial charge in [-0.2, -0.15) is 0 Å². The van der Waals surface area contributed by atoms with Crippen molar-refractivity contribution >= 4 is 16.5 Å². The van der Waals surface area contributed by atoms with Gasteiger partial charge < -0.3 is 14.6 Å². The number of nitrogens with one attached hydrogen (secondary N) is 1. The topological polar surface area (TPSA) is 69.0 Å². The number of anilines is 1. The fraction of sp³-hybridized carbons (Fsp3) is 0.462. The summed E-state index contributed by atoms with van der Waals surface area (Å²) < 4.78 is 6.76. The molecule has 0 saturated heterocycles. The highest BCUT2D eigenvalue weighted by atomic mass is 32.1. The van der Waals surface area contributed by atoms with E-state index in [-0.39, 0.29) is 5.56 Å². The number of pyridine rings is 1. The SMILES string of the molecule is COCCNc1nnc(-c2cccn(C3CC3)c2=O)s1. The molecule has 6 nitrogen and oxygen atoms in total. The quantitative estimate of drug-likeness (QED) is 0.822. The predicted octanol–water partition coefficient (Wildman–Crippen LogP) is 1.76. The van der Waals surface area contributed by atoms with E-state index in [9.17, 15) is 4.79 Å². The highest BCUT2D eigenvalue weighted by Gasteiger charge is 2.25. The molecule has 1 aliphatic carbocycles. The lowest BCUT2D eigenvalue weighted by atomic mass is 10.3. The van der Waals surface area contributed by atoms with Crippen LogP contribution in [0.4, 0.5) is 5.13 Å². The van der Waals surface area contributed by atoms with Gasteiger partial charge in [-0.05, 0) is 25.0 Å². The molecule has 0 radical (unpaired) electrons. The third kappa shape index (κ3) is 2.73. The second kappa shape index (κ2) is 5.72. The fourth-order valence-electron chi connectivity index (χ4n) is 1.98. The van der Waals surface area contributed by atoms with E-state index in [2.05, 4.69) is 15.5 Å². The molecule has 2 heterocycles. The lowest BCUT2D eigenvalue weighted by Crippen LogP contribution is -2.19. The van der Waals surface area contributed by atoms with E-state index in [0.29, 0.717) is 34.9 Å². The minimum absolute atomic E-state index is 0.0228. The summed E-state index contributed by atoms with van der Waals surface area (Å²) in [6.45, 7) is 1.28. The molecular weight excluding hydrogens is 276 g/mol. The Labute approximate surface area is 120 Å². The maximum Gasteiger partial charge on any atom is 0.261 e. The van der Waals surface area contributed by atoms with Gasteiger partial charge in [-0.15, -0.1) is 10.2 Å². The van der Waals surface area contributed by atoms with Gasteiger partial charge in [-0.25, -0.2) is 0 Å². The average molecular weight is 292 g/mol. The summed E-state index contributed by atoms with van der Waals surface area (Å²) in [6.07, 6.45) is 4.02. The largest absolute Gasteiger partial charge is 0.383 e. The van der Waals surface area contributed by atoms with Gasteiger partial charge in [0.2, 0.25) is 5.13 Å². The average Bonchev–Trinajstić information content (AvgIpc) is 3.19. The van der Waals surface area contributed by atoms with Crippen LogP contribution in [0.2, 0.25) is 0 Å². The number of nitrogens with zero attached hydrogens (tertiary/aromatic N) is 3. The summed E-state index contributed by atoms with van der Waals surface area (Å²) in [5, 5.41) is 12.6. The standard InChI is InChI=1S/C13H16N4O2S/c1-19-8-6-14-13-16-15-11(20-13)10-3-2-7-17(12(10)18)9-4-5-9/h2-3,7,9H,4-6,8H2,1H3,(H,14,16). The lowest BCUT2D eigenvalue weighted by molar-refractivity contribution is 0.211. The van der Waals surface area contributed by atoms with Crippen molar-refractivity contribution in [2.75, 3.05) is 25.6 Å². The van der Waals surface area contributed by atoms with Crippen molar-refractivity contribution < 1.29 is 4.74 Å². The Bertz CT molecular complexity index is 648. The number of hydrogen-bond acceptors (Lipinski definition) is 6. The maximum atomic E-state index is 12.4. The van der Waals surface area contributed by atoms with Crippen LogP contribution in [0.25, 0.3) is 10.6 Å². The number of hydrogen-bond donors (Lipinski definition) is 1. The van der Waals surface area contributed by atoms with Crippen molar-refractivity contribution in [1.29, 1.82) is 0 Å². The first-order valence-corrected chi connectivity index (χ1v) is 7.39. The zero-order chi connectivity index (χ0) is 13.9. The second-order valence-corrected chi connectivity index (χ2v) is 5.67. The van der Waals surface area contributed by atoms with Gasteiger partial charge in [0.15, 0.2) is 5.01 Å². The predicted molar refractivity (Wildman–Crippen MR) is 78.2 cm³/mol. The van der Waals surface area contributed by atoms with Gasteiger partial charge >= 0.3 is 0 Å². The van der Waals surface area contributed by atoms with Crippen molar-refractivity contribution in [2.24, 2.45) is 0 Å². The van der Waals surface area contributed by atoms with Crippen molar-refractivity contribution in [3.8, 4) is 10.6 Å². The van der Waals surface area contributed by atoms with E-state index in [0.717, 1.165) is 12.8 Å². The number of aromatic nitrogens is 3. The van der Waals surface area contributed by atoms with Crippen molar-refractivity contribution in [1.82, 2.24) is 14.8 Å². The molecular formula is C13H16N4O2S. The summed E-state index contributed by atoms with van der Waals surface area (Å²) in [5.41, 5.74) is 0.645. The van der Waals surface area contributed by atoms with E-state index in [1.165, 1.54) is 11.3 Å². The van der Waals surface area contributed by atoms with E-state index in [1.54, 1.807) is 17.7 Å². The Morgan fingerprint density at radius 2 is 2.35 bits per heavy atom. The summed E-state index contributed by atoms with van der Waals surface area (Å²) in [6, 6.07) is 4.07. The molecule has 1 fully saturated rings. The summed E-state index contributed by atoms with van der Waals surface area (Å²) in [5.74, 6) is 0. The van der Waals surface area contributed by atoms with E-state index >= 15 is 0 Å². The van der Waals surface area contributed by atoms with Crippen molar-refractivity contribution in [3.63, 3.8) is 0 Å². The Morgan fingerprint density at radius 1 is 1.50 bits per heavy atom. The first kappa shape index (κ1) is 13.3. The lowest BCUT2D eigenvalue weighted by Gasteiger charge is -2.03. The molecule has 0 bridgehead atoms. The molecule has 20 heavy (non-hydrogen) atoms. The van der Waals surface area contributed by atoms with Gasteiger partial charge in [0.1, 0.15) is 0 Å². The highest BCUT2D eigenvalue weighted by molar-refractivity contribution is 7.18. The molecule has 106 valence electrons. The number of methoxy groups -OCH3 is 1. The summed E-state index contributed by atoms with van der Waals surface area (Å²) in [4.78, 5) is 12.4. The molecule has 0 aromatic carbocycles. The van der Waals surface area contributed by atoms with Crippen molar-refractivity contribution in [3.05, 3.63) is 28.7 Å². The van der Waals surface area contributed by atoms with E-state index < -0.39 is 0 Å².